The van der Waals surface area contributed by atoms with E-state index in [0.717, 1.165) is 7.11 Å². The molecule has 0 aliphatic heterocycles. The van der Waals surface area contributed by atoms with Gasteiger partial charge in [-0.2, -0.15) is 13.2 Å². The quantitative estimate of drug-likeness (QED) is 0.796. The van der Waals surface area contributed by atoms with Crippen molar-refractivity contribution in [1.82, 2.24) is 4.98 Å². The molecule has 0 aliphatic carbocycles. The second-order valence-electron chi connectivity index (χ2n) is 3.86. The number of H-pyrrole nitrogens is 1. The molecule has 1 N–H and O–H groups in total. The van der Waals surface area contributed by atoms with Crippen molar-refractivity contribution in [2.45, 2.75) is 13.1 Å². The lowest BCUT2D eigenvalue weighted by atomic mass is 10.1. The van der Waals surface area contributed by atoms with Gasteiger partial charge >= 0.3 is 12.1 Å². The molecule has 18 heavy (non-hydrogen) atoms. The van der Waals surface area contributed by atoms with Crippen molar-refractivity contribution in [3.8, 4) is 0 Å². The van der Waals surface area contributed by atoms with Gasteiger partial charge in [-0.1, -0.05) is 18.2 Å². The molecule has 0 radical (unpaired) electrons. The lowest BCUT2D eigenvalue weighted by Crippen LogP contribution is -2.13. The SMILES string of the molecule is COC(=O)c1c(C(F)(F)F)[nH]c2c(C)cccc12. The summed E-state index contributed by atoms with van der Waals surface area (Å²) < 4.78 is 43.0. The highest BCUT2D eigenvalue weighted by atomic mass is 19.4. The summed E-state index contributed by atoms with van der Waals surface area (Å²) >= 11 is 0. The average molecular weight is 257 g/mol. The number of methoxy groups -OCH3 is 1. The van der Waals surface area contributed by atoms with Crippen LogP contribution in [0.25, 0.3) is 10.9 Å². The minimum atomic E-state index is -4.63. The number of esters is 1. The van der Waals surface area contributed by atoms with Gasteiger partial charge in [0, 0.05) is 10.9 Å². The minimum absolute atomic E-state index is 0.217. The second-order valence-corrected chi connectivity index (χ2v) is 3.86. The number of aromatic amines is 1. The number of fused-ring (bicyclic) bond motifs is 1. The summed E-state index contributed by atoms with van der Waals surface area (Å²) in [5.41, 5.74) is -0.610. The molecule has 2 rings (SSSR count). The Bertz CT molecular complexity index is 614. The van der Waals surface area contributed by atoms with Gasteiger partial charge in [0.1, 0.15) is 5.69 Å². The van der Waals surface area contributed by atoms with Gasteiger partial charge in [0.15, 0.2) is 0 Å². The van der Waals surface area contributed by atoms with Crippen LogP contribution in [0.2, 0.25) is 0 Å². The number of aromatic nitrogens is 1. The van der Waals surface area contributed by atoms with Crippen LogP contribution in [0.3, 0.4) is 0 Å². The Kier molecular flexibility index (Phi) is 2.80. The zero-order valence-electron chi connectivity index (χ0n) is 9.68. The molecule has 0 amide bonds. The number of para-hydroxylation sites is 1. The molecular weight excluding hydrogens is 247 g/mol. The van der Waals surface area contributed by atoms with Crippen LogP contribution in [0.1, 0.15) is 21.6 Å². The van der Waals surface area contributed by atoms with Gasteiger partial charge in [-0.25, -0.2) is 4.79 Å². The van der Waals surface area contributed by atoms with E-state index in [1.807, 2.05) is 0 Å². The lowest BCUT2D eigenvalue weighted by Gasteiger charge is -2.06. The van der Waals surface area contributed by atoms with Gasteiger partial charge in [0.05, 0.1) is 12.7 Å². The molecule has 2 aromatic rings. The van der Waals surface area contributed by atoms with Crippen LogP contribution in [-0.2, 0) is 10.9 Å². The van der Waals surface area contributed by atoms with Crippen molar-refractivity contribution in [2.75, 3.05) is 7.11 Å². The molecule has 0 fully saturated rings. The van der Waals surface area contributed by atoms with Gasteiger partial charge < -0.3 is 9.72 Å². The van der Waals surface area contributed by atoms with E-state index in [4.69, 9.17) is 0 Å². The maximum Gasteiger partial charge on any atom is 0.432 e. The zero-order chi connectivity index (χ0) is 13.5. The van der Waals surface area contributed by atoms with Gasteiger partial charge in [-0.15, -0.1) is 0 Å². The lowest BCUT2D eigenvalue weighted by molar-refractivity contribution is -0.141. The van der Waals surface area contributed by atoms with E-state index in [1.54, 1.807) is 19.1 Å². The van der Waals surface area contributed by atoms with Crippen molar-refractivity contribution in [2.24, 2.45) is 0 Å². The predicted octanol–water partition coefficient (Wildman–Crippen LogP) is 3.28. The van der Waals surface area contributed by atoms with E-state index < -0.39 is 23.4 Å². The fourth-order valence-electron chi connectivity index (χ4n) is 1.89. The Hall–Kier alpha value is -1.98. The molecule has 0 saturated heterocycles. The van der Waals surface area contributed by atoms with Gasteiger partial charge in [0.25, 0.3) is 0 Å². The Morgan fingerprint density at radius 1 is 1.33 bits per heavy atom. The van der Waals surface area contributed by atoms with E-state index in [-0.39, 0.29) is 5.39 Å². The number of ether oxygens (including phenoxy) is 1. The van der Waals surface area contributed by atoms with E-state index in [1.165, 1.54) is 6.07 Å². The number of halogens is 3. The van der Waals surface area contributed by atoms with Crippen LogP contribution < -0.4 is 0 Å². The first-order valence-corrected chi connectivity index (χ1v) is 5.13. The van der Waals surface area contributed by atoms with E-state index in [0.29, 0.717) is 11.1 Å². The van der Waals surface area contributed by atoms with Crippen LogP contribution in [0.4, 0.5) is 13.2 Å². The van der Waals surface area contributed by atoms with Crippen LogP contribution in [0.5, 0.6) is 0 Å². The molecule has 1 heterocycles. The molecule has 0 saturated carbocycles. The third kappa shape index (κ3) is 1.83. The number of rotatable bonds is 1. The van der Waals surface area contributed by atoms with Crippen LogP contribution in [-0.4, -0.2) is 18.1 Å². The minimum Gasteiger partial charge on any atom is -0.465 e. The zero-order valence-corrected chi connectivity index (χ0v) is 9.68. The summed E-state index contributed by atoms with van der Waals surface area (Å²) in [6, 6.07) is 4.72. The molecule has 96 valence electrons. The molecule has 1 aromatic heterocycles. The van der Waals surface area contributed by atoms with E-state index in [9.17, 15) is 18.0 Å². The molecule has 0 aliphatic rings. The maximum absolute atomic E-state index is 12.9. The summed E-state index contributed by atoms with van der Waals surface area (Å²) in [7, 11) is 1.05. The summed E-state index contributed by atoms with van der Waals surface area (Å²) in [5, 5.41) is 0.217. The molecule has 3 nitrogen and oxygen atoms in total. The second kappa shape index (κ2) is 4.04. The van der Waals surface area contributed by atoms with Crippen molar-refractivity contribution < 1.29 is 22.7 Å². The number of hydrogen-bond acceptors (Lipinski definition) is 2. The summed E-state index contributed by atoms with van der Waals surface area (Å²) in [4.78, 5) is 13.8. The van der Waals surface area contributed by atoms with Gasteiger partial charge in [-0.3, -0.25) is 0 Å². The summed E-state index contributed by atoms with van der Waals surface area (Å²) in [5.74, 6) is -1.00. The number of carbonyl (C=O) groups excluding carboxylic acids is 1. The Labute approximate surface area is 101 Å². The number of nitrogens with one attached hydrogen (secondary N) is 1. The number of hydrogen-bond donors (Lipinski definition) is 1. The third-order valence-electron chi connectivity index (χ3n) is 2.72. The smallest absolute Gasteiger partial charge is 0.432 e. The maximum atomic E-state index is 12.9. The van der Waals surface area contributed by atoms with Crippen LogP contribution >= 0.6 is 0 Å². The van der Waals surface area contributed by atoms with Crippen molar-refractivity contribution >= 4 is 16.9 Å². The first-order valence-electron chi connectivity index (χ1n) is 5.13. The molecule has 0 spiro atoms. The average Bonchev–Trinajstić information content (AvgIpc) is 2.68. The highest BCUT2D eigenvalue weighted by Crippen LogP contribution is 2.36. The molecule has 0 bridgehead atoms. The third-order valence-corrected chi connectivity index (χ3v) is 2.72. The Morgan fingerprint density at radius 3 is 2.56 bits per heavy atom. The number of aryl methyl sites for hydroxylation is 1. The van der Waals surface area contributed by atoms with Gasteiger partial charge in [0.2, 0.25) is 0 Å². The molecule has 1 aromatic carbocycles. The summed E-state index contributed by atoms with van der Waals surface area (Å²) in [6.07, 6.45) is -4.63. The Balaban J connectivity index is 2.85. The highest BCUT2D eigenvalue weighted by molar-refractivity contribution is 6.06. The summed E-state index contributed by atoms with van der Waals surface area (Å²) in [6.45, 7) is 1.67. The normalized spacial score (nSPS) is 11.8. The fourth-order valence-corrected chi connectivity index (χ4v) is 1.89. The van der Waals surface area contributed by atoms with Crippen molar-refractivity contribution in [1.29, 1.82) is 0 Å². The van der Waals surface area contributed by atoms with Crippen LogP contribution in [0, 0.1) is 6.92 Å². The van der Waals surface area contributed by atoms with E-state index in [2.05, 4.69) is 9.72 Å². The molecular formula is C12H10F3NO2. The molecule has 6 heteroatoms. The van der Waals surface area contributed by atoms with Crippen LogP contribution in [0.15, 0.2) is 18.2 Å². The topological polar surface area (TPSA) is 42.1 Å². The number of alkyl halides is 3. The first-order chi connectivity index (χ1) is 8.36. The molecule has 0 unspecified atom stereocenters. The van der Waals surface area contributed by atoms with E-state index >= 15 is 0 Å². The Morgan fingerprint density at radius 2 is 2.00 bits per heavy atom. The standard InChI is InChI=1S/C12H10F3NO2/c1-6-4-3-5-7-8(11(17)18-2)10(12(13,14)15)16-9(6)7/h3-5,16H,1-2H3. The fraction of sp³-hybridized carbons (Fsp3) is 0.250. The highest BCUT2D eigenvalue weighted by Gasteiger charge is 2.39. The number of benzene rings is 1. The predicted molar refractivity (Wildman–Crippen MR) is 59.4 cm³/mol. The number of carbonyl (C=O) groups is 1. The van der Waals surface area contributed by atoms with Crippen molar-refractivity contribution in [3.63, 3.8) is 0 Å². The van der Waals surface area contributed by atoms with Gasteiger partial charge in [-0.05, 0) is 12.5 Å². The monoisotopic (exact) mass is 257 g/mol. The largest absolute Gasteiger partial charge is 0.465 e. The van der Waals surface area contributed by atoms with Crippen molar-refractivity contribution in [3.05, 3.63) is 35.0 Å². The molecule has 0 atom stereocenters. The first kappa shape index (κ1) is 12.5.